The summed E-state index contributed by atoms with van der Waals surface area (Å²) in [7, 11) is -3.55. The Kier molecular flexibility index (Phi) is 6.84. The van der Waals surface area contributed by atoms with E-state index in [0.717, 1.165) is 6.42 Å². The van der Waals surface area contributed by atoms with Crippen LogP contribution in [0.15, 0.2) is 29.2 Å². The number of hydrogen-bond donors (Lipinski definition) is 0. The molecule has 0 bridgehead atoms. The van der Waals surface area contributed by atoms with Gasteiger partial charge in [0.2, 0.25) is 15.9 Å². The van der Waals surface area contributed by atoms with E-state index in [-0.39, 0.29) is 16.7 Å². The molecule has 0 aliphatic carbocycles. The second-order valence-corrected chi connectivity index (χ2v) is 8.50. The first-order valence-corrected chi connectivity index (χ1v) is 10.3. The zero-order chi connectivity index (χ0) is 18.4. The number of hydrogen-bond acceptors (Lipinski definition) is 4. The number of ether oxygens (including phenoxy) is 1. The average molecular weight is 368 g/mol. The third kappa shape index (κ3) is 4.95. The average Bonchev–Trinajstić information content (AvgIpc) is 2.86. The third-order valence-corrected chi connectivity index (χ3v) is 6.11. The van der Waals surface area contributed by atoms with Crippen molar-refractivity contribution >= 4 is 15.9 Å². The maximum atomic E-state index is 12.9. The highest BCUT2D eigenvalue weighted by molar-refractivity contribution is 7.89. The quantitative estimate of drug-likeness (QED) is 0.773. The van der Waals surface area contributed by atoms with Gasteiger partial charge in [-0.15, -0.1) is 0 Å². The minimum Gasteiger partial charge on any atom is -0.494 e. The summed E-state index contributed by atoms with van der Waals surface area (Å²) < 4.78 is 32.7. The van der Waals surface area contributed by atoms with Gasteiger partial charge in [0.15, 0.2) is 0 Å². The summed E-state index contributed by atoms with van der Waals surface area (Å²) in [5, 5.41) is 0. The van der Waals surface area contributed by atoms with Crippen LogP contribution in [0.3, 0.4) is 0 Å². The van der Waals surface area contributed by atoms with Crippen molar-refractivity contribution < 1.29 is 17.9 Å². The van der Waals surface area contributed by atoms with Gasteiger partial charge in [-0.2, -0.15) is 4.31 Å². The molecule has 1 aliphatic rings. The Morgan fingerprint density at radius 1 is 1.12 bits per heavy atom. The van der Waals surface area contributed by atoms with E-state index in [4.69, 9.17) is 4.74 Å². The first kappa shape index (κ1) is 19.7. The molecule has 1 aromatic carbocycles. The molecular weight excluding hydrogens is 340 g/mol. The predicted molar refractivity (Wildman–Crippen MR) is 97.0 cm³/mol. The van der Waals surface area contributed by atoms with Crippen molar-refractivity contribution in [3.8, 4) is 5.75 Å². The lowest BCUT2D eigenvalue weighted by Gasteiger charge is -2.23. The standard InChI is InChI=1S/C18H28N2O4S/c1-4-14-24-16-6-8-17(9-7-16)25(22,23)20-11-5-10-19(12-13-20)18(21)15(2)3/h6-9,15H,4-5,10-14H2,1-3H3. The highest BCUT2D eigenvalue weighted by atomic mass is 32.2. The Labute approximate surface area is 150 Å². The van der Waals surface area contributed by atoms with Gasteiger partial charge in [-0.05, 0) is 37.1 Å². The van der Waals surface area contributed by atoms with Crippen LogP contribution in [0.5, 0.6) is 5.75 Å². The number of carbonyl (C=O) groups is 1. The number of rotatable bonds is 6. The SMILES string of the molecule is CCCOc1ccc(S(=O)(=O)N2CCCN(C(=O)C(C)C)CC2)cc1. The summed E-state index contributed by atoms with van der Waals surface area (Å²) in [6, 6.07) is 6.55. The number of nitrogens with zero attached hydrogens (tertiary/aromatic N) is 2. The van der Waals surface area contributed by atoms with Crippen LogP contribution < -0.4 is 4.74 Å². The van der Waals surface area contributed by atoms with Gasteiger partial charge >= 0.3 is 0 Å². The summed E-state index contributed by atoms with van der Waals surface area (Å²) >= 11 is 0. The van der Waals surface area contributed by atoms with Crippen LogP contribution in [0.2, 0.25) is 0 Å². The molecule has 0 spiro atoms. The molecule has 0 atom stereocenters. The molecule has 140 valence electrons. The van der Waals surface area contributed by atoms with Gasteiger partial charge in [-0.1, -0.05) is 20.8 Å². The Bertz CT molecular complexity index is 671. The molecule has 1 aromatic rings. The maximum Gasteiger partial charge on any atom is 0.243 e. The van der Waals surface area contributed by atoms with E-state index in [2.05, 4.69) is 0 Å². The zero-order valence-corrected chi connectivity index (χ0v) is 16.1. The number of sulfonamides is 1. The second kappa shape index (κ2) is 8.67. The van der Waals surface area contributed by atoms with Gasteiger partial charge < -0.3 is 9.64 Å². The van der Waals surface area contributed by atoms with E-state index in [1.165, 1.54) is 4.31 Å². The molecule has 25 heavy (non-hydrogen) atoms. The minimum atomic E-state index is -3.55. The molecule has 1 saturated heterocycles. The highest BCUT2D eigenvalue weighted by Gasteiger charge is 2.28. The Balaban J connectivity index is 2.07. The van der Waals surface area contributed by atoms with Crippen LogP contribution in [-0.4, -0.2) is 56.3 Å². The van der Waals surface area contributed by atoms with Gasteiger partial charge in [0.05, 0.1) is 11.5 Å². The van der Waals surface area contributed by atoms with Crippen LogP contribution in [0.4, 0.5) is 0 Å². The molecule has 0 aromatic heterocycles. The van der Waals surface area contributed by atoms with Crippen LogP contribution in [-0.2, 0) is 14.8 Å². The summed E-state index contributed by atoms with van der Waals surface area (Å²) in [5.41, 5.74) is 0. The summed E-state index contributed by atoms with van der Waals surface area (Å²) in [5.74, 6) is 0.681. The van der Waals surface area contributed by atoms with Gasteiger partial charge in [0.25, 0.3) is 0 Å². The molecule has 6 nitrogen and oxygen atoms in total. The Morgan fingerprint density at radius 2 is 1.80 bits per heavy atom. The van der Waals surface area contributed by atoms with Crippen molar-refractivity contribution in [3.05, 3.63) is 24.3 Å². The van der Waals surface area contributed by atoms with E-state index in [0.29, 0.717) is 45.0 Å². The van der Waals surface area contributed by atoms with Crippen molar-refractivity contribution in [1.29, 1.82) is 0 Å². The van der Waals surface area contributed by atoms with E-state index in [9.17, 15) is 13.2 Å². The Hall–Kier alpha value is -1.60. The molecule has 2 rings (SSSR count). The third-order valence-electron chi connectivity index (χ3n) is 4.19. The number of amides is 1. The van der Waals surface area contributed by atoms with Gasteiger partial charge in [-0.25, -0.2) is 8.42 Å². The molecule has 0 saturated carbocycles. The second-order valence-electron chi connectivity index (χ2n) is 6.56. The van der Waals surface area contributed by atoms with Crippen LogP contribution >= 0.6 is 0 Å². The smallest absolute Gasteiger partial charge is 0.243 e. The first-order chi connectivity index (χ1) is 11.9. The molecule has 1 fully saturated rings. The largest absolute Gasteiger partial charge is 0.494 e. The topological polar surface area (TPSA) is 66.9 Å². The van der Waals surface area contributed by atoms with Crippen LogP contribution in [0.25, 0.3) is 0 Å². The van der Waals surface area contributed by atoms with Crippen molar-refractivity contribution in [2.24, 2.45) is 5.92 Å². The lowest BCUT2D eigenvalue weighted by molar-refractivity contribution is -0.134. The van der Waals surface area contributed by atoms with Crippen LogP contribution in [0.1, 0.15) is 33.6 Å². The minimum absolute atomic E-state index is 0.0705. The number of carbonyl (C=O) groups excluding carboxylic acids is 1. The van der Waals surface area contributed by atoms with Crippen LogP contribution in [0, 0.1) is 5.92 Å². The summed E-state index contributed by atoms with van der Waals surface area (Å²) in [4.78, 5) is 14.2. The van der Waals surface area contributed by atoms with Crippen molar-refractivity contribution in [1.82, 2.24) is 9.21 Å². The lowest BCUT2D eigenvalue weighted by atomic mass is 10.2. The molecule has 1 amide bonds. The zero-order valence-electron chi connectivity index (χ0n) is 15.3. The molecule has 7 heteroatoms. The molecular formula is C18H28N2O4S. The van der Waals surface area contributed by atoms with E-state index in [1.807, 2.05) is 20.8 Å². The summed E-state index contributed by atoms with van der Waals surface area (Å²) in [6.45, 7) is 8.16. The van der Waals surface area contributed by atoms with E-state index >= 15 is 0 Å². The fourth-order valence-electron chi connectivity index (χ4n) is 2.80. The Morgan fingerprint density at radius 3 is 2.40 bits per heavy atom. The summed E-state index contributed by atoms with van der Waals surface area (Å²) in [6.07, 6.45) is 1.55. The van der Waals surface area contributed by atoms with E-state index in [1.54, 1.807) is 29.2 Å². The predicted octanol–water partition coefficient (Wildman–Crippen LogP) is 2.35. The van der Waals surface area contributed by atoms with Gasteiger partial charge in [0.1, 0.15) is 5.75 Å². The van der Waals surface area contributed by atoms with Crippen molar-refractivity contribution in [2.75, 3.05) is 32.8 Å². The monoisotopic (exact) mass is 368 g/mol. The fraction of sp³-hybridized carbons (Fsp3) is 0.611. The van der Waals surface area contributed by atoms with Crippen molar-refractivity contribution in [2.45, 2.75) is 38.5 Å². The normalized spacial score (nSPS) is 16.7. The molecule has 1 heterocycles. The molecule has 0 radical (unpaired) electrons. The van der Waals surface area contributed by atoms with Crippen molar-refractivity contribution in [3.63, 3.8) is 0 Å². The molecule has 1 aliphatic heterocycles. The maximum absolute atomic E-state index is 12.9. The highest BCUT2D eigenvalue weighted by Crippen LogP contribution is 2.21. The van der Waals surface area contributed by atoms with Gasteiger partial charge in [-0.3, -0.25) is 4.79 Å². The molecule has 0 unspecified atom stereocenters. The molecule has 0 N–H and O–H groups in total. The first-order valence-electron chi connectivity index (χ1n) is 8.88. The van der Waals surface area contributed by atoms with E-state index < -0.39 is 10.0 Å². The fourth-order valence-corrected chi connectivity index (χ4v) is 4.27. The van der Waals surface area contributed by atoms with Gasteiger partial charge in [0, 0.05) is 32.1 Å². The lowest BCUT2D eigenvalue weighted by Crippen LogP contribution is -2.38. The number of benzene rings is 1.